The molecule has 9 heteroatoms. The number of urea groups is 1. The maximum absolute atomic E-state index is 12.2. The van der Waals surface area contributed by atoms with Gasteiger partial charge in [0, 0.05) is 39.3 Å². The van der Waals surface area contributed by atoms with Gasteiger partial charge < -0.3 is 29.9 Å². The molecular weight excluding hydrogens is 412 g/mol. The first-order valence-electron chi connectivity index (χ1n) is 11.5. The minimum atomic E-state index is -0.567. The summed E-state index contributed by atoms with van der Waals surface area (Å²) in [4.78, 5) is 39.6. The summed E-state index contributed by atoms with van der Waals surface area (Å²) in [5.74, 6) is 0. The Hall–Kier alpha value is -2.97. The lowest BCUT2D eigenvalue weighted by Gasteiger charge is -2.26. The third-order valence-corrected chi connectivity index (χ3v) is 5.67. The molecule has 0 aromatic heterocycles. The molecule has 0 radical (unpaired) electrons. The van der Waals surface area contributed by atoms with E-state index in [0.29, 0.717) is 13.1 Å². The Labute approximate surface area is 189 Å². The number of rotatable bonds is 7. The number of carbonyl (C=O) groups is 3. The fourth-order valence-corrected chi connectivity index (χ4v) is 3.89. The van der Waals surface area contributed by atoms with E-state index in [-0.39, 0.29) is 25.3 Å². The van der Waals surface area contributed by atoms with Crippen molar-refractivity contribution in [2.45, 2.75) is 51.6 Å². The number of piperidine rings is 2. The van der Waals surface area contributed by atoms with Gasteiger partial charge in [0.2, 0.25) is 0 Å². The van der Waals surface area contributed by atoms with Gasteiger partial charge in [0.15, 0.2) is 0 Å². The van der Waals surface area contributed by atoms with Gasteiger partial charge in [-0.3, -0.25) is 0 Å². The molecule has 0 spiro atoms. The van der Waals surface area contributed by atoms with Crippen LogP contribution in [-0.2, 0) is 22.6 Å². The van der Waals surface area contributed by atoms with E-state index < -0.39 is 6.09 Å². The van der Waals surface area contributed by atoms with E-state index in [1.165, 1.54) is 6.42 Å². The highest BCUT2D eigenvalue weighted by Crippen LogP contribution is 2.11. The van der Waals surface area contributed by atoms with Crippen molar-refractivity contribution in [3.8, 4) is 0 Å². The third-order valence-electron chi connectivity index (χ3n) is 5.67. The van der Waals surface area contributed by atoms with Gasteiger partial charge in [0.25, 0.3) is 0 Å². The van der Waals surface area contributed by atoms with Gasteiger partial charge in [-0.1, -0.05) is 24.3 Å². The van der Waals surface area contributed by atoms with Crippen molar-refractivity contribution in [3.05, 3.63) is 35.4 Å². The minimum absolute atomic E-state index is 0.00792. The highest BCUT2D eigenvalue weighted by atomic mass is 16.6. The number of hydrogen-bond donors (Lipinski definition) is 2. The summed E-state index contributed by atoms with van der Waals surface area (Å²) in [5.41, 5.74) is 1.87. The molecule has 2 fully saturated rings. The molecule has 2 aliphatic heterocycles. The zero-order valence-electron chi connectivity index (χ0n) is 18.6. The smallest absolute Gasteiger partial charge is 0.409 e. The van der Waals surface area contributed by atoms with Crippen LogP contribution in [0.4, 0.5) is 14.4 Å². The Kier molecular flexibility index (Phi) is 9.46. The van der Waals surface area contributed by atoms with Crippen LogP contribution in [-0.4, -0.2) is 67.4 Å². The molecule has 2 saturated heterocycles. The van der Waals surface area contributed by atoms with E-state index >= 15 is 0 Å². The molecule has 9 nitrogen and oxygen atoms in total. The zero-order valence-corrected chi connectivity index (χ0v) is 18.6. The fourth-order valence-electron chi connectivity index (χ4n) is 3.89. The lowest BCUT2D eigenvalue weighted by molar-refractivity contribution is 0.0686. The standard InChI is InChI=1S/C23H34N4O5/c28-21(26-10-3-1-4-11-26)24-17-19-8-7-9-20(16-19)18-25-22(29)31-14-15-32-23(30)27-12-5-2-6-13-27/h7-9,16H,1-6,10-15,17-18H2,(H,24,28)(H,25,29). The molecule has 0 saturated carbocycles. The van der Waals surface area contributed by atoms with Crippen molar-refractivity contribution >= 4 is 18.2 Å². The predicted molar refractivity (Wildman–Crippen MR) is 119 cm³/mol. The Morgan fingerprint density at radius 3 is 1.97 bits per heavy atom. The van der Waals surface area contributed by atoms with Crippen molar-refractivity contribution in [1.82, 2.24) is 20.4 Å². The molecule has 176 valence electrons. The summed E-state index contributed by atoms with van der Waals surface area (Å²) in [6, 6.07) is 7.64. The highest BCUT2D eigenvalue weighted by molar-refractivity contribution is 5.74. The minimum Gasteiger partial charge on any atom is -0.446 e. The predicted octanol–water partition coefficient (Wildman–Crippen LogP) is 3.23. The zero-order chi connectivity index (χ0) is 22.6. The van der Waals surface area contributed by atoms with Gasteiger partial charge >= 0.3 is 18.2 Å². The largest absolute Gasteiger partial charge is 0.446 e. The van der Waals surface area contributed by atoms with Crippen LogP contribution in [0.25, 0.3) is 0 Å². The Morgan fingerprint density at radius 1 is 0.750 bits per heavy atom. The van der Waals surface area contributed by atoms with Crippen LogP contribution in [0.1, 0.15) is 49.7 Å². The van der Waals surface area contributed by atoms with Crippen LogP contribution in [0.2, 0.25) is 0 Å². The Morgan fingerprint density at radius 2 is 1.31 bits per heavy atom. The lowest BCUT2D eigenvalue weighted by Crippen LogP contribution is -2.42. The highest BCUT2D eigenvalue weighted by Gasteiger charge is 2.18. The summed E-state index contributed by atoms with van der Waals surface area (Å²) >= 11 is 0. The molecule has 4 amide bonds. The van der Waals surface area contributed by atoms with Gasteiger partial charge in [-0.2, -0.15) is 0 Å². The summed E-state index contributed by atoms with van der Waals surface area (Å²) in [5, 5.41) is 5.64. The van der Waals surface area contributed by atoms with Crippen molar-refractivity contribution in [1.29, 1.82) is 0 Å². The first-order valence-corrected chi connectivity index (χ1v) is 11.5. The van der Waals surface area contributed by atoms with Crippen LogP contribution in [0.3, 0.4) is 0 Å². The summed E-state index contributed by atoms with van der Waals surface area (Å²) in [6.45, 7) is 3.87. The summed E-state index contributed by atoms with van der Waals surface area (Å²) in [7, 11) is 0. The number of carbonyl (C=O) groups excluding carboxylic acids is 3. The van der Waals surface area contributed by atoms with Crippen LogP contribution in [0.15, 0.2) is 24.3 Å². The van der Waals surface area contributed by atoms with Crippen LogP contribution in [0.5, 0.6) is 0 Å². The van der Waals surface area contributed by atoms with Crippen molar-refractivity contribution < 1.29 is 23.9 Å². The van der Waals surface area contributed by atoms with Gasteiger partial charge in [-0.05, 0) is 49.7 Å². The molecule has 1 aromatic rings. The second kappa shape index (κ2) is 12.8. The van der Waals surface area contributed by atoms with Gasteiger partial charge in [-0.15, -0.1) is 0 Å². The molecule has 0 bridgehead atoms. The number of nitrogens with zero attached hydrogens (tertiary/aromatic N) is 2. The molecule has 0 unspecified atom stereocenters. The van der Waals surface area contributed by atoms with Gasteiger partial charge in [-0.25, -0.2) is 14.4 Å². The number of alkyl carbamates (subject to hydrolysis) is 1. The fraction of sp³-hybridized carbons (Fsp3) is 0.609. The topological polar surface area (TPSA) is 100 Å². The summed E-state index contributed by atoms with van der Waals surface area (Å²) in [6.07, 6.45) is 5.53. The molecule has 2 heterocycles. The normalized spacial score (nSPS) is 16.2. The van der Waals surface area contributed by atoms with E-state index in [9.17, 15) is 14.4 Å². The molecular formula is C23H34N4O5. The van der Waals surface area contributed by atoms with Crippen molar-refractivity contribution in [2.75, 3.05) is 39.4 Å². The average Bonchev–Trinajstić information content (AvgIpc) is 2.85. The van der Waals surface area contributed by atoms with Crippen LogP contribution >= 0.6 is 0 Å². The third kappa shape index (κ3) is 7.94. The number of likely N-dealkylation sites (tertiary alicyclic amines) is 2. The van der Waals surface area contributed by atoms with Gasteiger partial charge in [0.05, 0.1) is 0 Å². The van der Waals surface area contributed by atoms with E-state index in [2.05, 4.69) is 10.6 Å². The SMILES string of the molecule is O=C(NCc1cccc(CNC(=O)N2CCCCC2)c1)OCCOC(=O)N1CCCCC1. The maximum Gasteiger partial charge on any atom is 0.409 e. The Bertz CT molecular complexity index is 761. The van der Waals surface area contributed by atoms with Crippen molar-refractivity contribution in [2.24, 2.45) is 0 Å². The first-order chi connectivity index (χ1) is 15.6. The molecule has 0 atom stereocenters. The first kappa shape index (κ1) is 23.7. The average molecular weight is 447 g/mol. The molecule has 3 rings (SSSR count). The number of amides is 4. The molecule has 2 aliphatic rings. The van der Waals surface area contributed by atoms with E-state index in [4.69, 9.17) is 9.47 Å². The number of nitrogens with one attached hydrogen (secondary N) is 2. The summed E-state index contributed by atoms with van der Waals surface area (Å²) < 4.78 is 10.2. The second-order valence-electron chi connectivity index (χ2n) is 8.18. The van der Waals surface area contributed by atoms with Crippen LogP contribution in [0, 0.1) is 0 Å². The monoisotopic (exact) mass is 446 g/mol. The molecule has 2 N–H and O–H groups in total. The Balaban J connectivity index is 1.30. The van der Waals surface area contributed by atoms with E-state index in [1.54, 1.807) is 4.90 Å². The number of benzene rings is 1. The molecule has 32 heavy (non-hydrogen) atoms. The maximum atomic E-state index is 12.2. The van der Waals surface area contributed by atoms with E-state index in [0.717, 1.165) is 69.4 Å². The second-order valence-corrected chi connectivity index (χ2v) is 8.18. The number of hydrogen-bond acceptors (Lipinski definition) is 5. The quantitative estimate of drug-likeness (QED) is 0.627. The van der Waals surface area contributed by atoms with E-state index in [1.807, 2.05) is 29.2 Å². The van der Waals surface area contributed by atoms with Crippen molar-refractivity contribution in [3.63, 3.8) is 0 Å². The number of ether oxygens (including phenoxy) is 2. The molecule has 0 aliphatic carbocycles. The van der Waals surface area contributed by atoms with Gasteiger partial charge in [0.1, 0.15) is 13.2 Å². The van der Waals surface area contributed by atoms with Crippen LogP contribution < -0.4 is 10.6 Å². The molecule has 1 aromatic carbocycles. The lowest BCUT2D eigenvalue weighted by atomic mass is 10.1.